The van der Waals surface area contributed by atoms with Gasteiger partial charge in [0, 0.05) is 23.2 Å². The number of aromatic amines is 3. The van der Waals surface area contributed by atoms with Gasteiger partial charge >= 0.3 is 0 Å². The van der Waals surface area contributed by atoms with Crippen molar-refractivity contribution in [3.05, 3.63) is 89.1 Å². The van der Waals surface area contributed by atoms with Crippen molar-refractivity contribution in [3.8, 4) is 0 Å². The van der Waals surface area contributed by atoms with Crippen LogP contribution < -0.4 is 21.8 Å². The lowest BCUT2D eigenvalue weighted by Crippen LogP contribution is -2.46. The van der Waals surface area contributed by atoms with Gasteiger partial charge in [0.1, 0.15) is 10.7 Å². The van der Waals surface area contributed by atoms with E-state index in [0.29, 0.717) is 11.3 Å². The minimum absolute atomic E-state index is 0.000667. The zero-order valence-corrected chi connectivity index (χ0v) is 15.6. The number of benzene rings is 1. The molecule has 0 unspecified atom stereocenters. The van der Waals surface area contributed by atoms with Crippen LogP contribution in [0.15, 0.2) is 40.2 Å². The van der Waals surface area contributed by atoms with E-state index in [0.717, 1.165) is 5.69 Å². The lowest BCUT2D eigenvalue weighted by atomic mass is 9.90. The second-order valence-electron chi connectivity index (χ2n) is 7.29. The number of nitrogens with zero attached hydrogens (tertiary/aromatic N) is 2. The van der Waals surface area contributed by atoms with Crippen LogP contribution in [0.3, 0.4) is 0 Å². The minimum atomic E-state index is -0.529. The van der Waals surface area contributed by atoms with Crippen LogP contribution in [0.4, 0.5) is 5.69 Å². The van der Waals surface area contributed by atoms with Crippen LogP contribution >= 0.6 is 0 Å². The maximum Gasteiger partial charge on any atom is 0.272 e. The molecule has 0 amide bonds. The third-order valence-corrected chi connectivity index (χ3v) is 4.08. The summed E-state index contributed by atoms with van der Waals surface area (Å²) in [5.74, 6) is 0. The van der Waals surface area contributed by atoms with Gasteiger partial charge in [-0.3, -0.25) is 19.7 Å². The number of non-ortho nitro benzene ring substituents is 1. The fraction of sp³-hybridized carbons (Fsp3) is 0.211. The van der Waals surface area contributed by atoms with Crippen LogP contribution in [0.5, 0.6) is 0 Å². The van der Waals surface area contributed by atoms with E-state index in [-0.39, 0.29) is 21.8 Å². The molecule has 0 radical (unpaired) electrons. The first-order valence-electron chi connectivity index (χ1n) is 8.49. The van der Waals surface area contributed by atoms with Gasteiger partial charge in [-0.1, -0.05) is 32.9 Å². The Labute approximate surface area is 158 Å². The molecule has 0 bridgehead atoms. The summed E-state index contributed by atoms with van der Waals surface area (Å²) in [6.07, 6.45) is 4.42. The highest BCUT2D eigenvalue weighted by molar-refractivity contribution is 5.52. The Morgan fingerprint density at radius 1 is 1.07 bits per heavy atom. The molecule has 0 atom stereocenters. The summed E-state index contributed by atoms with van der Waals surface area (Å²) >= 11 is 0. The monoisotopic (exact) mass is 381 g/mol. The molecule has 0 aliphatic heterocycles. The molecule has 0 aliphatic carbocycles. The predicted octanol–water partition coefficient (Wildman–Crippen LogP) is 0.650. The number of hydrogen-bond donors (Lipinski definition) is 3. The summed E-state index contributed by atoms with van der Waals surface area (Å²) in [5.41, 5.74) is 0.471. The molecule has 3 aromatic rings. The third kappa shape index (κ3) is 3.98. The first kappa shape index (κ1) is 19.0. The molecular weight excluding hydrogens is 362 g/mol. The first-order valence-corrected chi connectivity index (χ1v) is 8.49. The van der Waals surface area contributed by atoms with Crippen molar-refractivity contribution < 1.29 is 4.92 Å². The standard InChI is InChI=1S/C19H19N5O4/c1-19(2,3)16-13(20-10-21-16)9-15-18(26)22-14(17(25)23-15)8-11-5-4-6-12(7-11)24(27)28/h4-10H,1-3H3,(H,20,21)(H,22,26)(H,23,25)/b14-8-,15-9-. The van der Waals surface area contributed by atoms with E-state index in [1.807, 2.05) is 20.8 Å². The molecule has 2 aromatic heterocycles. The van der Waals surface area contributed by atoms with E-state index in [4.69, 9.17) is 0 Å². The van der Waals surface area contributed by atoms with Crippen LogP contribution in [0, 0.1) is 10.1 Å². The summed E-state index contributed by atoms with van der Waals surface area (Å²) in [6.45, 7) is 6.01. The highest BCUT2D eigenvalue weighted by Crippen LogP contribution is 2.22. The summed E-state index contributed by atoms with van der Waals surface area (Å²) in [5, 5.41) is 10.9. The molecular formula is C19H19N5O4. The smallest absolute Gasteiger partial charge is 0.272 e. The maximum atomic E-state index is 12.4. The zero-order valence-electron chi connectivity index (χ0n) is 15.6. The molecule has 28 heavy (non-hydrogen) atoms. The number of nitro benzene ring substituents is 1. The molecule has 144 valence electrons. The number of aromatic nitrogens is 4. The predicted molar refractivity (Wildman–Crippen MR) is 104 cm³/mol. The normalized spacial score (nSPS) is 13.1. The Morgan fingerprint density at radius 3 is 2.32 bits per heavy atom. The summed E-state index contributed by atoms with van der Waals surface area (Å²) in [6, 6.07) is 5.77. The van der Waals surface area contributed by atoms with Gasteiger partial charge in [0.25, 0.3) is 16.8 Å². The van der Waals surface area contributed by atoms with E-state index >= 15 is 0 Å². The SMILES string of the molecule is CC(C)(C)c1[nH]cnc1/C=c1\[nH]c(=O)/c(=C/c2cccc([N+](=O)[O-])c2)[nH]c1=O. The van der Waals surface area contributed by atoms with Gasteiger partial charge in [-0.05, 0) is 17.7 Å². The molecule has 3 N–H and O–H groups in total. The number of rotatable bonds is 3. The van der Waals surface area contributed by atoms with Crippen LogP contribution in [0.2, 0.25) is 0 Å². The van der Waals surface area contributed by atoms with Gasteiger partial charge in [0.2, 0.25) is 0 Å². The van der Waals surface area contributed by atoms with Gasteiger partial charge in [-0.2, -0.15) is 0 Å². The van der Waals surface area contributed by atoms with E-state index in [2.05, 4.69) is 19.9 Å². The minimum Gasteiger partial charge on any atom is -0.348 e. The Bertz CT molecular complexity index is 1270. The van der Waals surface area contributed by atoms with Crippen molar-refractivity contribution in [1.29, 1.82) is 0 Å². The molecule has 0 fully saturated rings. The summed E-state index contributed by atoms with van der Waals surface area (Å²) < 4.78 is 0. The van der Waals surface area contributed by atoms with Gasteiger partial charge in [0.15, 0.2) is 0 Å². The van der Waals surface area contributed by atoms with Crippen molar-refractivity contribution in [2.75, 3.05) is 0 Å². The van der Waals surface area contributed by atoms with Crippen LogP contribution in [-0.2, 0) is 5.41 Å². The van der Waals surface area contributed by atoms with Crippen molar-refractivity contribution >= 4 is 17.8 Å². The molecule has 0 spiro atoms. The number of H-pyrrole nitrogens is 3. The fourth-order valence-corrected chi connectivity index (χ4v) is 2.74. The molecule has 2 heterocycles. The van der Waals surface area contributed by atoms with E-state index < -0.39 is 16.0 Å². The largest absolute Gasteiger partial charge is 0.348 e. The van der Waals surface area contributed by atoms with Crippen LogP contribution in [0.1, 0.15) is 37.7 Å². The molecule has 1 aromatic carbocycles. The van der Waals surface area contributed by atoms with Crippen LogP contribution in [-0.4, -0.2) is 24.9 Å². The quantitative estimate of drug-likeness (QED) is 0.452. The molecule has 0 aliphatic rings. The second kappa shape index (κ2) is 7.10. The van der Waals surface area contributed by atoms with Gasteiger partial charge in [0.05, 0.1) is 16.9 Å². The average molecular weight is 381 g/mol. The average Bonchev–Trinajstić information content (AvgIpc) is 3.08. The number of nitro groups is 1. The van der Waals surface area contributed by atoms with Gasteiger partial charge in [-0.25, -0.2) is 4.98 Å². The molecule has 9 nitrogen and oxygen atoms in total. The van der Waals surface area contributed by atoms with Crippen molar-refractivity contribution in [3.63, 3.8) is 0 Å². The number of hydrogen-bond acceptors (Lipinski definition) is 5. The van der Waals surface area contributed by atoms with E-state index in [1.165, 1.54) is 36.7 Å². The maximum absolute atomic E-state index is 12.4. The van der Waals surface area contributed by atoms with Crippen molar-refractivity contribution in [2.45, 2.75) is 26.2 Å². The first-order chi connectivity index (χ1) is 13.1. The third-order valence-electron chi connectivity index (χ3n) is 4.08. The lowest BCUT2D eigenvalue weighted by molar-refractivity contribution is -0.384. The van der Waals surface area contributed by atoms with Crippen LogP contribution in [0.25, 0.3) is 12.2 Å². The van der Waals surface area contributed by atoms with E-state index in [1.54, 1.807) is 6.07 Å². The lowest BCUT2D eigenvalue weighted by Gasteiger charge is -2.16. The highest BCUT2D eigenvalue weighted by atomic mass is 16.6. The van der Waals surface area contributed by atoms with Crippen molar-refractivity contribution in [2.24, 2.45) is 0 Å². The highest BCUT2D eigenvalue weighted by Gasteiger charge is 2.19. The van der Waals surface area contributed by atoms with Crippen molar-refractivity contribution in [1.82, 2.24) is 19.9 Å². The van der Waals surface area contributed by atoms with Gasteiger partial charge < -0.3 is 15.0 Å². The van der Waals surface area contributed by atoms with E-state index in [9.17, 15) is 19.7 Å². The molecule has 0 saturated heterocycles. The second-order valence-corrected chi connectivity index (χ2v) is 7.29. The Morgan fingerprint density at radius 2 is 1.71 bits per heavy atom. The molecule has 3 rings (SSSR count). The number of nitrogens with one attached hydrogen (secondary N) is 3. The Hall–Kier alpha value is -3.75. The molecule has 0 saturated carbocycles. The molecule has 9 heteroatoms. The van der Waals surface area contributed by atoms with Gasteiger partial charge in [-0.15, -0.1) is 0 Å². The fourth-order valence-electron chi connectivity index (χ4n) is 2.74. The topological polar surface area (TPSA) is 138 Å². The Balaban J connectivity index is 2.12. The summed E-state index contributed by atoms with van der Waals surface area (Å²) in [4.78, 5) is 47.5. The number of imidazole rings is 1. The Kier molecular flexibility index (Phi) is 4.83. The summed E-state index contributed by atoms with van der Waals surface area (Å²) in [7, 11) is 0. The zero-order chi connectivity index (χ0) is 20.5.